The standard InChI is InChI=1S/C15H21N5O/c1-9(2)20-6-4-15(5-7-20)11(8-16)13(17)21-14-12(15)10(3)18-19-14/h9,14H,4-7,17H2,1-3H3. The van der Waals surface area contributed by atoms with E-state index in [9.17, 15) is 5.26 Å². The Morgan fingerprint density at radius 3 is 2.67 bits per heavy atom. The summed E-state index contributed by atoms with van der Waals surface area (Å²) in [5.41, 5.74) is 8.11. The highest BCUT2D eigenvalue weighted by molar-refractivity contribution is 5.47. The van der Waals surface area contributed by atoms with E-state index in [0.717, 1.165) is 37.2 Å². The zero-order valence-electron chi connectivity index (χ0n) is 12.8. The third-order valence-corrected chi connectivity index (χ3v) is 4.92. The molecule has 3 aliphatic rings. The van der Waals surface area contributed by atoms with E-state index in [4.69, 9.17) is 10.5 Å². The number of rotatable bonds is 1. The summed E-state index contributed by atoms with van der Waals surface area (Å²) >= 11 is 0. The molecule has 2 N–H and O–H groups in total. The molecule has 6 heteroatoms. The molecule has 0 aliphatic carbocycles. The van der Waals surface area contributed by atoms with Gasteiger partial charge in [-0.2, -0.15) is 10.4 Å². The zero-order valence-corrected chi connectivity index (χ0v) is 12.8. The Kier molecular flexibility index (Phi) is 3.25. The Balaban J connectivity index is 2.03. The minimum Gasteiger partial charge on any atom is -0.447 e. The Hall–Kier alpha value is -1.87. The Morgan fingerprint density at radius 2 is 2.10 bits per heavy atom. The molecule has 0 bridgehead atoms. The van der Waals surface area contributed by atoms with E-state index in [2.05, 4.69) is 35.0 Å². The summed E-state index contributed by atoms with van der Waals surface area (Å²) in [6, 6.07) is 2.80. The number of nitrogens with two attached hydrogens (primary N) is 1. The Labute approximate surface area is 125 Å². The van der Waals surface area contributed by atoms with Crippen LogP contribution >= 0.6 is 0 Å². The molecular weight excluding hydrogens is 266 g/mol. The molecular formula is C15H21N5O. The molecule has 0 aromatic rings. The molecule has 3 heterocycles. The van der Waals surface area contributed by atoms with Gasteiger partial charge in [0.05, 0.1) is 11.3 Å². The maximum Gasteiger partial charge on any atom is 0.235 e. The summed E-state index contributed by atoms with van der Waals surface area (Å²) in [5, 5.41) is 17.9. The van der Waals surface area contributed by atoms with Crippen LogP contribution in [0.4, 0.5) is 0 Å². The molecule has 0 amide bonds. The van der Waals surface area contributed by atoms with Gasteiger partial charge in [0.15, 0.2) is 0 Å². The van der Waals surface area contributed by atoms with Crippen molar-refractivity contribution in [2.24, 2.45) is 21.4 Å². The molecule has 0 aromatic carbocycles. The highest BCUT2D eigenvalue weighted by Crippen LogP contribution is 2.53. The summed E-state index contributed by atoms with van der Waals surface area (Å²) in [6.45, 7) is 8.23. The van der Waals surface area contributed by atoms with Gasteiger partial charge in [-0.25, -0.2) is 0 Å². The fourth-order valence-corrected chi connectivity index (χ4v) is 3.75. The predicted molar refractivity (Wildman–Crippen MR) is 77.6 cm³/mol. The lowest BCUT2D eigenvalue weighted by atomic mass is 9.65. The molecule has 1 atom stereocenters. The van der Waals surface area contributed by atoms with Crippen LogP contribution in [-0.4, -0.2) is 30.3 Å². The van der Waals surface area contributed by atoms with Gasteiger partial charge in [-0.05, 0) is 46.7 Å². The second-order valence-electron chi connectivity index (χ2n) is 6.25. The monoisotopic (exact) mass is 287 g/mol. The first kappa shape index (κ1) is 14.1. The molecule has 1 saturated heterocycles. The average molecular weight is 287 g/mol. The number of nitrogens with zero attached hydrogens (tertiary/aromatic N) is 4. The summed E-state index contributed by atoms with van der Waals surface area (Å²) in [4.78, 5) is 2.43. The zero-order chi connectivity index (χ0) is 15.2. The number of azo groups is 1. The molecule has 1 unspecified atom stereocenters. The SMILES string of the molecule is CC1=C2C(N=N1)OC(N)=C(C#N)C21CCN(C(C)C)CC1. The molecule has 3 aliphatic heterocycles. The number of nitriles is 1. The maximum atomic E-state index is 9.59. The molecule has 6 nitrogen and oxygen atoms in total. The minimum atomic E-state index is -0.437. The van der Waals surface area contributed by atoms with Crippen LogP contribution in [0.15, 0.2) is 33.0 Å². The van der Waals surface area contributed by atoms with E-state index in [0.29, 0.717) is 11.6 Å². The van der Waals surface area contributed by atoms with Crippen molar-refractivity contribution in [3.63, 3.8) is 0 Å². The largest absolute Gasteiger partial charge is 0.447 e. The topological polar surface area (TPSA) is 87.0 Å². The smallest absolute Gasteiger partial charge is 0.235 e. The first-order valence-electron chi connectivity index (χ1n) is 7.43. The molecule has 21 heavy (non-hydrogen) atoms. The van der Waals surface area contributed by atoms with Gasteiger partial charge in [0.2, 0.25) is 12.1 Å². The molecule has 1 spiro atoms. The van der Waals surface area contributed by atoms with Gasteiger partial charge in [-0.1, -0.05) is 0 Å². The number of hydrogen-bond acceptors (Lipinski definition) is 6. The van der Waals surface area contributed by atoms with Gasteiger partial charge in [-0.15, -0.1) is 5.11 Å². The van der Waals surface area contributed by atoms with Crippen LogP contribution in [0, 0.1) is 16.7 Å². The molecule has 3 rings (SSSR count). The van der Waals surface area contributed by atoms with E-state index < -0.39 is 6.23 Å². The Morgan fingerprint density at radius 1 is 1.43 bits per heavy atom. The van der Waals surface area contributed by atoms with Crippen molar-refractivity contribution in [1.29, 1.82) is 5.26 Å². The fourth-order valence-electron chi connectivity index (χ4n) is 3.75. The van der Waals surface area contributed by atoms with Crippen molar-refractivity contribution < 1.29 is 4.74 Å². The summed E-state index contributed by atoms with van der Waals surface area (Å²) < 4.78 is 5.59. The average Bonchev–Trinajstić information content (AvgIpc) is 2.81. The van der Waals surface area contributed by atoms with Crippen molar-refractivity contribution >= 4 is 0 Å². The molecule has 0 radical (unpaired) electrons. The molecule has 0 aromatic heterocycles. The lowest BCUT2D eigenvalue weighted by Crippen LogP contribution is -2.48. The Bertz CT molecular complexity index is 588. The van der Waals surface area contributed by atoms with Crippen LogP contribution in [0.1, 0.15) is 33.6 Å². The number of fused-ring (bicyclic) bond motifs is 2. The normalized spacial score (nSPS) is 28.0. The van der Waals surface area contributed by atoms with Crippen LogP contribution in [0.25, 0.3) is 0 Å². The summed E-state index contributed by atoms with van der Waals surface area (Å²) in [5.74, 6) is 0.220. The van der Waals surface area contributed by atoms with Crippen LogP contribution in [-0.2, 0) is 4.74 Å². The summed E-state index contributed by atoms with van der Waals surface area (Å²) in [6.07, 6.45) is 1.30. The number of likely N-dealkylation sites (tertiary alicyclic amines) is 1. The molecule has 1 fully saturated rings. The van der Waals surface area contributed by atoms with Crippen LogP contribution in [0.5, 0.6) is 0 Å². The number of allylic oxidation sites excluding steroid dienone is 2. The van der Waals surface area contributed by atoms with E-state index in [-0.39, 0.29) is 11.3 Å². The second-order valence-corrected chi connectivity index (χ2v) is 6.25. The van der Waals surface area contributed by atoms with Crippen LogP contribution < -0.4 is 5.73 Å². The highest BCUT2D eigenvalue weighted by atomic mass is 16.5. The fraction of sp³-hybridized carbons (Fsp3) is 0.667. The number of hydrogen-bond donors (Lipinski definition) is 1. The second kappa shape index (κ2) is 4.85. The summed E-state index contributed by atoms with van der Waals surface area (Å²) in [7, 11) is 0. The third kappa shape index (κ3) is 1.95. The van der Waals surface area contributed by atoms with Gasteiger partial charge in [-0.3, -0.25) is 0 Å². The van der Waals surface area contributed by atoms with Crippen molar-refractivity contribution in [3.8, 4) is 6.07 Å². The van der Waals surface area contributed by atoms with Gasteiger partial charge < -0.3 is 15.4 Å². The van der Waals surface area contributed by atoms with Gasteiger partial charge >= 0.3 is 0 Å². The van der Waals surface area contributed by atoms with E-state index >= 15 is 0 Å². The minimum absolute atomic E-state index is 0.220. The van der Waals surface area contributed by atoms with Gasteiger partial charge in [0.1, 0.15) is 6.07 Å². The van der Waals surface area contributed by atoms with Crippen molar-refractivity contribution in [1.82, 2.24) is 4.90 Å². The van der Waals surface area contributed by atoms with E-state index in [1.165, 1.54) is 0 Å². The number of ether oxygens (including phenoxy) is 1. The molecule has 0 saturated carbocycles. The van der Waals surface area contributed by atoms with Crippen molar-refractivity contribution in [3.05, 3.63) is 22.7 Å². The van der Waals surface area contributed by atoms with Crippen LogP contribution in [0.2, 0.25) is 0 Å². The van der Waals surface area contributed by atoms with Gasteiger partial charge in [0.25, 0.3) is 0 Å². The lowest BCUT2D eigenvalue weighted by Gasteiger charge is -2.46. The lowest BCUT2D eigenvalue weighted by molar-refractivity contribution is 0.0628. The maximum absolute atomic E-state index is 9.59. The quantitative estimate of drug-likeness (QED) is 0.801. The van der Waals surface area contributed by atoms with E-state index in [1.807, 2.05) is 6.92 Å². The van der Waals surface area contributed by atoms with Gasteiger partial charge in [0, 0.05) is 17.0 Å². The van der Waals surface area contributed by atoms with Crippen molar-refractivity contribution in [2.75, 3.05) is 13.1 Å². The molecule has 112 valence electrons. The third-order valence-electron chi connectivity index (χ3n) is 4.92. The number of piperidine rings is 1. The highest BCUT2D eigenvalue weighted by Gasteiger charge is 2.52. The van der Waals surface area contributed by atoms with Crippen molar-refractivity contribution in [2.45, 2.75) is 45.9 Å². The first-order chi connectivity index (χ1) is 9.99. The first-order valence-corrected chi connectivity index (χ1v) is 7.43. The predicted octanol–water partition coefficient (Wildman–Crippen LogP) is 2.27. The van der Waals surface area contributed by atoms with E-state index in [1.54, 1.807) is 0 Å². The van der Waals surface area contributed by atoms with Crippen LogP contribution in [0.3, 0.4) is 0 Å².